The van der Waals surface area contributed by atoms with Gasteiger partial charge in [0.2, 0.25) is 0 Å². The molecule has 0 saturated heterocycles. The van der Waals surface area contributed by atoms with Gasteiger partial charge >= 0.3 is 0 Å². The SMILES string of the molecule is CNC(=O)COc1ccc2c(c1)CCC2=O. The molecule has 0 unspecified atom stereocenters. The average Bonchev–Trinajstić information content (AvgIpc) is 2.67. The summed E-state index contributed by atoms with van der Waals surface area (Å²) in [7, 11) is 1.56. The van der Waals surface area contributed by atoms with Crippen molar-refractivity contribution in [3.63, 3.8) is 0 Å². The Bertz CT molecular complexity index is 440. The molecule has 0 aromatic heterocycles. The van der Waals surface area contributed by atoms with Crippen LogP contribution in [0.15, 0.2) is 18.2 Å². The summed E-state index contributed by atoms with van der Waals surface area (Å²) >= 11 is 0. The second-order valence-electron chi connectivity index (χ2n) is 3.70. The number of fused-ring (bicyclic) bond motifs is 1. The third kappa shape index (κ3) is 2.05. The molecule has 4 nitrogen and oxygen atoms in total. The topological polar surface area (TPSA) is 55.4 Å². The zero-order chi connectivity index (χ0) is 11.5. The number of ether oxygens (including phenoxy) is 1. The van der Waals surface area contributed by atoms with Crippen LogP contribution in [0.5, 0.6) is 5.75 Å². The molecule has 1 N–H and O–H groups in total. The van der Waals surface area contributed by atoms with Gasteiger partial charge in [-0.25, -0.2) is 0 Å². The Kier molecular flexibility index (Phi) is 2.90. The molecule has 1 aliphatic rings. The van der Waals surface area contributed by atoms with Crippen LogP contribution in [-0.2, 0) is 11.2 Å². The highest BCUT2D eigenvalue weighted by Gasteiger charge is 2.19. The van der Waals surface area contributed by atoms with Crippen LogP contribution >= 0.6 is 0 Å². The minimum atomic E-state index is -0.170. The van der Waals surface area contributed by atoms with Crippen molar-refractivity contribution in [2.45, 2.75) is 12.8 Å². The Hall–Kier alpha value is -1.84. The summed E-state index contributed by atoms with van der Waals surface area (Å²) in [6, 6.07) is 5.33. The molecule has 1 aromatic carbocycles. The summed E-state index contributed by atoms with van der Waals surface area (Å²) in [5.41, 5.74) is 1.80. The lowest BCUT2D eigenvalue weighted by Gasteiger charge is -2.06. The van der Waals surface area contributed by atoms with Gasteiger partial charge in [0.15, 0.2) is 12.4 Å². The van der Waals surface area contributed by atoms with Gasteiger partial charge in [0.05, 0.1) is 0 Å². The van der Waals surface area contributed by atoms with E-state index < -0.39 is 0 Å². The fraction of sp³-hybridized carbons (Fsp3) is 0.333. The fourth-order valence-corrected chi connectivity index (χ4v) is 1.74. The van der Waals surface area contributed by atoms with Crippen molar-refractivity contribution in [3.8, 4) is 5.75 Å². The molecule has 1 aromatic rings. The lowest BCUT2D eigenvalue weighted by Crippen LogP contribution is -2.24. The van der Waals surface area contributed by atoms with Crippen LogP contribution in [0.25, 0.3) is 0 Å². The van der Waals surface area contributed by atoms with Crippen LogP contribution in [0.3, 0.4) is 0 Å². The number of benzene rings is 1. The van der Waals surface area contributed by atoms with Gasteiger partial charge in [0, 0.05) is 19.0 Å². The average molecular weight is 219 g/mol. The number of rotatable bonds is 3. The number of nitrogens with one attached hydrogen (secondary N) is 1. The molecule has 0 fully saturated rings. The molecule has 0 radical (unpaired) electrons. The number of Topliss-reactive ketones (excluding diaryl/α,β-unsaturated/α-hetero) is 1. The molecule has 1 amide bonds. The summed E-state index contributed by atoms with van der Waals surface area (Å²) in [4.78, 5) is 22.4. The first kappa shape index (κ1) is 10.7. The fourth-order valence-electron chi connectivity index (χ4n) is 1.74. The minimum absolute atomic E-state index is 0.00321. The van der Waals surface area contributed by atoms with Crippen molar-refractivity contribution in [1.82, 2.24) is 5.32 Å². The molecule has 1 aliphatic carbocycles. The molecule has 16 heavy (non-hydrogen) atoms. The lowest BCUT2D eigenvalue weighted by atomic mass is 10.1. The standard InChI is InChI=1S/C12H13NO3/c1-13-12(15)7-16-9-3-4-10-8(6-9)2-5-11(10)14/h3-4,6H,2,5,7H2,1H3,(H,13,15). The van der Waals surface area contributed by atoms with Crippen LogP contribution in [-0.4, -0.2) is 25.3 Å². The van der Waals surface area contributed by atoms with Gasteiger partial charge in [-0.1, -0.05) is 0 Å². The third-order valence-corrected chi connectivity index (χ3v) is 2.65. The zero-order valence-corrected chi connectivity index (χ0v) is 9.08. The maximum absolute atomic E-state index is 11.4. The summed E-state index contributed by atoms with van der Waals surface area (Å²) in [6.07, 6.45) is 1.35. The highest BCUT2D eigenvalue weighted by Crippen LogP contribution is 2.25. The maximum atomic E-state index is 11.4. The van der Waals surface area contributed by atoms with Gasteiger partial charge in [0.1, 0.15) is 5.75 Å². The number of carbonyl (C=O) groups is 2. The lowest BCUT2D eigenvalue weighted by molar-refractivity contribution is -0.122. The quantitative estimate of drug-likeness (QED) is 0.823. The summed E-state index contributed by atoms with van der Waals surface area (Å²) in [6.45, 7) is 0.00321. The number of amides is 1. The van der Waals surface area contributed by atoms with Crippen molar-refractivity contribution in [3.05, 3.63) is 29.3 Å². The zero-order valence-electron chi connectivity index (χ0n) is 9.08. The largest absolute Gasteiger partial charge is 0.484 e. The number of ketones is 1. The molecular formula is C12H13NO3. The summed E-state index contributed by atoms with van der Waals surface area (Å²) < 4.78 is 5.30. The number of hydrogen-bond donors (Lipinski definition) is 1. The van der Waals surface area contributed by atoms with E-state index in [0.717, 1.165) is 17.5 Å². The highest BCUT2D eigenvalue weighted by atomic mass is 16.5. The molecular weight excluding hydrogens is 206 g/mol. The maximum Gasteiger partial charge on any atom is 0.257 e. The van der Waals surface area contributed by atoms with Crippen LogP contribution in [0.1, 0.15) is 22.3 Å². The van der Waals surface area contributed by atoms with Crippen LogP contribution in [0.2, 0.25) is 0 Å². The molecule has 0 atom stereocenters. The van der Waals surface area contributed by atoms with Gasteiger partial charge in [-0.3, -0.25) is 9.59 Å². The predicted octanol–water partition coefficient (Wildman–Crippen LogP) is 0.940. The van der Waals surface area contributed by atoms with E-state index in [1.165, 1.54) is 0 Å². The van der Waals surface area contributed by atoms with E-state index in [1.807, 2.05) is 6.07 Å². The van der Waals surface area contributed by atoms with Crippen LogP contribution in [0.4, 0.5) is 0 Å². The number of aryl methyl sites for hydroxylation is 1. The molecule has 0 aliphatic heterocycles. The Labute approximate surface area is 93.6 Å². The first-order valence-corrected chi connectivity index (χ1v) is 5.20. The van der Waals surface area contributed by atoms with Crippen LogP contribution < -0.4 is 10.1 Å². The Morgan fingerprint density at radius 1 is 1.44 bits per heavy atom. The second kappa shape index (κ2) is 4.35. The van der Waals surface area contributed by atoms with Gasteiger partial charge in [-0.05, 0) is 30.2 Å². The molecule has 0 heterocycles. The molecule has 4 heteroatoms. The van der Waals surface area contributed by atoms with Gasteiger partial charge in [0.25, 0.3) is 5.91 Å². The number of likely N-dealkylation sites (N-methyl/N-ethyl adjacent to an activating group) is 1. The van der Waals surface area contributed by atoms with E-state index >= 15 is 0 Å². The minimum Gasteiger partial charge on any atom is -0.484 e. The molecule has 0 bridgehead atoms. The molecule has 0 spiro atoms. The number of hydrogen-bond acceptors (Lipinski definition) is 3. The molecule has 2 rings (SSSR count). The molecule has 84 valence electrons. The Morgan fingerprint density at radius 2 is 2.25 bits per heavy atom. The van der Waals surface area contributed by atoms with Crippen molar-refractivity contribution in [2.24, 2.45) is 0 Å². The van der Waals surface area contributed by atoms with Crippen molar-refractivity contribution < 1.29 is 14.3 Å². The van der Waals surface area contributed by atoms with E-state index in [0.29, 0.717) is 12.2 Å². The van der Waals surface area contributed by atoms with Gasteiger partial charge in [-0.2, -0.15) is 0 Å². The highest BCUT2D eigenvalue weighted by molar-refractivity contribution is 6.00. The van der Waals surface area contributed by atoms with E-state index in [9.17, 15) is 9.59 Å². The van der Waals surface area contributed by atoms with Crippen LogP contribution in [0, 0.1) is 0 Å². The summed E-state index contributed by atoms with van der Waals surface area (Å²) in [5.74, 6) is 0.654. The smallest absolute Gasteiger partial charge is 0.257 e. The Morgan fingerprint density at radius 3 is 3.00 bits per heavy atom. The first-order chi connectivity index (χ1) is 7.70. The van der Waals surface area contributed by atoms with E-state index in [2.05, 4.69) is 5.32 Å². The van der Waals surface area contributed by atoms with Crippen molar-refractivity contribution in [2.75, 3.05) is 13.7 Å². The van der Waals surface area contributed by atoms with E-state index in [1.54, 1.807) is 19.2 Å². The third-order valence-electron chi connectivity index (χ3n) is 2.65. The second-order valence-corrected chi connectivity index (χ2v) is 3.70. The first-order valence-electron chi connectivity index (χ1n) is 5.20. The van der Waals surface area contributed by atoms with E-state index in [-0.39, 0.29) is 18.3 Å². The monoisotopic (exact) mass is 219 g/mol. The normalized spacial score (nSPS) is 13.4. The summed E-state index contributed by atoms with van der Waals surface area (Å²) in [5, 5.41) is 2.48. The number of carbonyl (C=O) groups excluding carboxylic acids is 2. The van der Waals surface area contributed by atoms with Crippen molar-refractivity contribution in [1.29, 1.82) is 0 Å². The molecule has 0 saturated carbocycles. The predicted molar refractivity (Wildman–Crippen MR) is 58.7 cm³/mol. The van der Waals surface area contributed by atoms with Gasteiger partial charge < -0.3 is 10.1 Å². The van der Waals surface area contributed by atoms with Gasteiger partial charge in [-0.15, -0.1) is 0 Å². The van der Waals surface area contributed by atoms with E-state index in [4.69, 9.17) is 4.74 Å². The van der Waals surface area contributed by atoms with Crippen molar-refractivity contribution >= 4 is 11.7 Å². The Balaban J connectivity index is 2.08.